The second-order valence-electron chi connectivity index (χ2n) is 5.50. The van der Waals surface area contributed by atoms with Gasteiger partial charge in [0.1, 0.15) is 17.8 Å². The van der Waals surface area contributed by atoms with Crippen molar-refractivity contribution in [1.82, 2.24) is 14.9 Å². The molecule has 132 valence electrons. The molecule has 3 rings (SSSR count). The molecule has 0 bridgehead atoms. The van der Waals surface area contributed by atoms with E-state index in [1.54, 1.807) is 9.80 Å². The summed E-state index contributed by atoms with van der Waals surface area (Å²) < 4.78 is 49.0. The average molecular weight is 346 g/mol. The normalized spacial score (nSPS) is 22.5. The second kappa shape index (κ2) is 6.89. The highest BCUT2D eigenvalue weighted by Crippen LogP contribution is 2.29. The van der Waals surface area contributed by atoms with Gasteiger partial charge in [0.05, 0.1) is 26.4 Å². The molecule has 0 N–H and O–H groups in total. The molecule has 1 atom stereocenters. The summed E-state index contributed by atoms with van der Waals surface area (Å²) in [5.41, 5.74) is -1.00. The van der Waals surface area contributed by atoms with E-state index in [2.05, 4.69) is 9.97 Å². The Kier molecular flexibility index (Phi) is 4.86. The zero-order valence-corrected chi connectivity index (χ0v) is 12.8. The van der Waals surface area contributed by atoms with Gasteiger partial charge in [-0.25, -0.2) is 9.97 Å². The van der Waals surface area contributed by atoms with Crippen LogP contribution in [0.3, 0.4) is 0 Å². The highest BCUT2D eigenvalue weighted by atomic mass is 19.4. The molecule has 1 amide bonds. The number of halogens is 3. The maximum Gasteiger partial charge on any atom is 0.433 e. The van der Waals surface area contributed by atoms with Gasteiger partial charge in [-0.05, 0) is 0 Å². The molecule has 2 aliphatic rings. The molecule has 24 heavy (non-hydrogen) atoms. The minimum atomic E-state index is -4.53. The SMILES string of the molecule is O=C(C1CN(c2cc(C(F)(F)F)ncn2)CCO1)N1CCOCC1. The minimum absolute atomic E-state index is 0.139. The molecular formula is C14H17F3N4O3. The number of ether oxygens (including phenoxy) is 2. The fraction of sp³-hybridized carbons (Fsp3) is 0.643. The van der Waals surface area contributed by atoms with Crippen molar-refractivity contribution in [2.45, 2.75) is 12.3 Å². The lowest BCUT2D eigenvalue weighted by Gasteiger charge is -2.36. The van der Waals surface area contributed by atoms with Gasteiger partial charge in [0, 0.05) is 25.7 Å². The number of morpholine rings is 2. The van der Waals surface area contributed by atoms with Crippen molar-refractivity contribution in [3.8, 4) is 0 Å². The Hall–Kier alpha value is -1.94. The average Bonchev–Trinajstić information content (AvgIpc) is 2.61. The summed E-state index contributed by atoms with van der Waals surface area (Å²) in [6, 6.07) is 0.890. The topological polar surface area (TPSA) is 67.8 Å². The van der Waals surface area contributed by atoms with Crippen LogP contribution in [-0.2, 0) is 20.4 Å². The molecule has 1 aromatic heterocycles. The van der Waals surface area contributed by atoms with E-state index in [1.807, 2.05) is 0 Å². The number of anilines is 1. The quantitative estimate of drug-likeness (QED) is 0.780. The van der Waals surface area contributed by atoms with Crippen LogP contribution >= 0.6 is 0 Å². The van der Waals surface area contributed by atoms with Gasteiger partial charge in [-0.1, -0.05) is 0 Å². The van der Waals surface area contributed by atoms with E-state index < -0.39 is 18.0 Å². The largest absolute Gasteiger partial charge is 0.433 e. The summed E-state index contributed by atoms with van der Waals surface area (Å²) in [5, 5.41) is 0. The van der Waals surface area contributed by atoms with Crippen LogP contribution in [0.2, 0.25) is 0 Å². The summed E-state index contributed by atoms with van der Waals surface area (Å²) in [4.78, 5) is 22.9. The molecule has 2 saturated heterocycles. The van der Waals surface area contributed by atoms with E-state index in [1.165, 1.54) is 0 Å². The highest BCUT2D eigenvalue weighted by Gasteiger charge is 2.35. The van der Waals surface area contributed by atoms with E-state index in [4.69, 9.17) is 9.47 Å². The molecule has 1 aromatic rings. The molecule has 2 fully saturated rings. The van der Waals surface area contributed by atoms with Crippen LogP contribution in [0.15, 0.2) is 12.4 Å². The first-order chi connectivity index (χ1) is 11.4. The van der Waals surface area contributed by atoms with Gasteiger partial charge in [-0.15, -0.1) is 0 Å². The summed E-state index contributed by atoms with van der Waals surface area (Å²) in [5.74, 6) is -0.0338. The van der Waals surface area contributed by atoms with Crippen molar-refractivity contribution in [3.05, 3.63) is 18.1 Å². The molecule has 0 aliphatic carbocycles. The predicted octanol–water partition coefficient (Wildman–Crippen LogP) is 0.559. The molecular weight excluding hydrogens is 329 g/mol. The number of nitrogens with zero attached hydrogens (tertiary/aromatic N) is 4. The fourth-order valence-corrected chi connectivity index (χ4v) is 2.67. The van der Waals surface area contributed by atoms with Crippen LogP contribution in [0.25, 0.3) is 0 Å². The molecule has 1 unspecified atom stereocenters. The van der Waals surface area contributed by atoms with Crippen LogP contribution in [0.4, 0.5) is 19.0 Å². The predicted molar refractivity (Wildman–Crippen MR) is 76.4 cm³/mol. The molecule has 0 spiro atoms. The third kappa shape index (κ3) is 3.75. The van der Waals surface area contributed by atoms with E-state index >= 15 is 0 Å². The maximum atomic E-state index is 12.8. The van der Waals surface area contributed by atoms with Gasteiger partial charge < -0.3 is 19.3 Å². The number of amides is 1. The van der Waals surface area contributed by atoms with E-state index in [0.29, 0.717) is 32.8 Å². The molecule has 3 heterocycles. The number of carbonyl (C=O) groups excluding carboxylic acids is 1. The lowest BCUT2D eigenvalue weighted by molar-refractivity contribution is -0.148. The summed E-state index contributed by atoms with van der Waals surface area (Å²) >= 11 is 0. The number of aromatic nitrogens is 2. The maximum absolute atomic E-state index is 12.8. The zero-order valence-electron chi connectivity index (χ0n) is 12.8. The first-order valence-corrected chi connectivity index (χ1v) is 7.57. The summed E-state index contributed by atoms with van der Waals surface area (Å²) in [7, 11) is 0. The third-order valence-corrected chi connectivity index (χ3v) is 3.93. The van der Waals surface area contributed by atoms with Crippen LogP contribution in [-0.4, -0.2) is 72.9 Å². The lowest BCUT2D eigenvalue weighted by atomic mass is 10.2. The van der Waals surface area contributed by atoms with Crippen LogP contribution in [0.5, 0.6) is 0 Å². The molecule has 7 nitrogen and oxygen atoms in total. The van der Waals surface area contributed by atoms with Crippen molar-refractivity contribution in [2.24, 2.45) is 0 Å². The monoisotopic (exact) mass is 346 g/mol. The van der Waals surface area contributed by atoms with Gasteiger partial charge in [-0.3, -0.25) is 4.79 Å². The zero-order chi connectivity index (χ0) is 17.2. The third-order valence-electron chi connectivity index (χ3n) is 3.93. The van der Waals surface area contributed by atoms with Crippen LogP contribution < -0.4 is 4.90 Å². The van der Waals surface area contributed by atoms with Crippen LogP contribution in [0.1, 0.15) is 5.69 Å². The minimum Gasteiger partial charge on any atom is -0.378 e. The number of hydrogen-bond acceptors (Lipinski definition) is 6. The van der Waals surface area contributed by atoms with Gasteiger partial charge in [0.15, 0.2) is 6.10 Å². The van der Waals surface area contributed by atoms with Crippen molar-refractivity contribution in [2.75, 3.05) is 50.9 Å². The second-order valence-corrected chi connectivity index (χ2v) is 5.50. The Morgan fingerprint density at radius 1 is 1.17 bits per heavy atom. The first-order valence-electron chi connectivity index (χ1n) is 7.57. The molecule has 2 aliphatic heterocycles. The number of hydrogen-bond donors (Lipinski definition) is 0. The van der Waals surface area contributed by atoms with E-state index in [0.717, 1.165) is 12.4 Å². The number of carbonyl (C=O) groups is 1. The summed E-state index contributed by atoms with van der Waals surface area (Å²) in [6.07, 6.45) is -4.37. The van der Waals surface area contributed by atoms with Gasteiger partial charge in [0.25, 0.3) is 5.91 Å². The van der Waals surface area contributed by atoms with Gasteiger partial charge in [0.2, 0.25) is 0 Å². The van der Waals surface area contributed by atoms with Crippen molar-refractivity contribution in [1.29, 1.82) is 0 Å². The molecule has 0 aromatic carbocycles. The van der Waals surface area contributed by atoms with Gasteiger partial charge >= 0.3 is 6.18 Å². The molecule has 10 heteroatoms. The molecule has 0 saturated carbocycles. The van der Waals surface area contributed by atoms with Crippen molar-refractivity contribution in [3.63, 3.8) is 0 Å². The Balaban J connectivity index is 1.70. The van der Waals surface area contributed by atoms with E-state index in [9.17, 15) is 18.0 Å². The van der Waals surface area contributed by atoms with Crippen molar-refractivity contribution < 1.29 is 27.4 Å². The first kappa shape index (κ1) is 16.9. The lowest BCUT2D eigenvalue weighted by Crippen LogP contribution is -2.53. The Bertz CT molecular complexity index is 593. The Labute approximate surface area is 136 Å². The summed E-state index contributed by atoms with van der Waals surface area (Å²) in [6.45, 7) is 2.69. The van der Waals surface area contributed by atoms with E-state index in [-0.39, 0.29) is 24.9 Å². The number of alkyl halides is 3. The smallest absolute Gasteiger partial charge is 0.378 e. The fourth-order valence-electron chi connectivity index (χ4n) is 2.67. The Morgan fingerprint density at radius 2 is 1.92 bits per heavy atom. The van der Waals surface area contributed by atoms with Gasteiger partial charge in [-0.2, -0.15) is 13.2 Å². The van der Waals surface area contributed by atoms with Crippen LogP contribution in [0, 0.1) is 0 Å². The Morgan fingerprint density at radius 3 is 2.62 bits per heavy atom. The number of rotatable bonds is 2. The molecule has 0 radical (unpaired) electrons. The van der Waals surface area contributed by atoms with Crippen molar-refractivity contribution >= 4 is 11.7 Å². The highest BCUT2D eigenvalue weighted by molar-refractivity contribution is 5.82. The standard InChI is InChI=1S/C14H17F3N4O3/c15-14(16,17)11-7-12(19-9-18-11)21-3-6-24-10(8-21)13(22)20-1-4-23-5-2-20/h7,9-10H,1-6,8H2.